The molecule has 1 aromatic heterocycles. The van der Waals surface area contributed by atoms with Gasteiger partial charge in [-0.25, -0.2) is 0 Å². The van der Waals surface area contributed by atoms with Crippen LogP contribution in [0.3, 0.4) is 0 Å². The highest BCUT2D eigenvalue weighted by molar-refractivity contribution is 5.92. The molecule has 0 spiro atoms. The second kappa shape index (κ2) is 6.27. The molecule has 1 aromatic carbocycles. The molecule has 0 radical (unpaired) electrons. The van der Waals surface area contributed by atoms with Crippen molar-refractivity contribution in [3.05, 3.63) is 36.0 Å². The van der Waals surface area contributed by atoms with Crippen molar-refractivity contribution in [1.29, 1.82) is 0 Å². The van der Waals surface area contributed by atoms with Gasteiger partial charge in [0.2, 0.25) is 0 Å². The Morgan fingerprint density at radius 1 is 1.38 bits per heavy atom. The third kappa shape index (κ3) is 3.14. The summed E-state index contributed by atoms with van der Waals surface area (Å²) < 4.78 is 44.0. The monoisotopic (exact) mass is 339 g/mol. The van der Waals surface area contributed by atoms with E-state index < -0.39 is 17.8 Å². The van der Waals surface area contributed by atoms with Gasteiger partial charge in [0.1, 0.15) is 0 Å². The molecule has 0 aliphatic carbocycles. The molecule has 24 heavy (non-hydrogen) atoms. The van der Waals surface area contributed by atoms with Crippen molar-refractivity contribution < 1.29 is 22.7 Å². The lowest BCUT2D eigenvalue weighted by molar-refractivity contribution is -0.137. The topological polar surface area (TPSA) is 54.5 Å². The molecule has 0 saturated carbocycles. The smallest absolute Gasteiger partial charge is 0.365 e. The summed E-state index contributed by atoms with van der Waals surface area (Å²) in [4.78, 5) is 17.7. The van der Waals surface area contributed by atoms with Gasteiger partial charge < -0.3 is 15.0 Å². The fraction of sp³-hybridized carbons (Fsp3) is 0.375. The summed E-state index contributed by atoms with van der Waals surface area (Å²) in [6.07, 6.45) is -3.54. The molecule has 1 aliphatic heterocycles. The summed E-state index contributed by atoms with van der Waals surface area (Å²) >= 11 is 0. The fourth-order valence-corrected chi connectivity index (χ4v) is 2.77. The van der Waals surface area contributed by atoms with Crippen LogP contribution in [0.25, 0.3) is 10.9 Å². The van der Waals surface area contributed by atoms with Gasteiger partial charge in [-0.2, -0.15) is 13.2 Å². The molecule has 1 amide bonds. The first kappa shape index (κ1) is 16.5. The lowest BCUT2D eigenvalue weighted by Crippen LogP contribution is -2.49. The van der Waals surface area contributed by atoms with Gasteiger partial charge in [-0.3, -0.25) is 9.78 Å². The summed E-state index contributed by atoms with van der Waals surface area (Å²) in [5.74, 6) is -0.225. The number of anilines is 1. The van der Waals surface area contributed by atoms with Crippen LogP contribution in [-0.4, -0.2) is 43.7 Å². The number of benzene rings is 1. The Kier molecular flexibility index (Phi) is 4.31. The van der Waals surface area contributed by atoms with Crippen molar-refractivity contribution in [2.75, 3.05) is 31.6 Å². The van der Waals surface area contributed by atoms with E-state index in [1.165, 1.54) is 19.3 Å². The summed E-state index contributed by atoms with van der Waals surface area (Å²) in [5.41, 5.74) is 0.279. The van der Waals surface area contributed by atoms with Crippen LogP contribution in [0.15, 0.2) is 30.5 Å². The maximum atomic E-state index is 12.9. The predicted octanol–water partition coefficient (Wildman–Crippen LogP) is 2.20. The van der Waals surface area contributed by atoms with Crippen LogP contribution in [0.4, 0.5) is 18.9 Å². The highest BCUT2D eigenvalue weighted by Gasteiger charge is 2.31. The van der Waals surface area contributed by atoms with Crippen molar-refractivity contribution in [3.63, 3.8) is 0 Å². The molecule has 0 bridgehead atoms. The number of nitrogens with zero attached hydrogens (tertiary/aromatic N) is 2. The molecule has 1 saturated heterocycles. The number of ether oxygens (including phenoxy) is 1. The van der Waals surface area contributed by atoms with Crippen LogP contribution in [-0.2, 0) is 15.7 Å². The minimum absolute atomic E-state index is 0.225. The highest BCUT2D eigenvalue weighted by atomic mass is 19.4. The number of amides is 1. The van der Waals surface area contributed by atoms with Gasteiger partial charge in [0.25, 0.3) is 5.91 Å². The van der Waals surface area contributed by atoms with Crippen molar-refractivity contribution >= 4 is 22.5 Å². The number of alkyl halides is 3. The van der Waals surface area contributed by atoms with Crippen molar-refractivity contribution in [2.24, 2.45) is 0 Å². The molecule has 1 atom stereocenters. The number of hydrogen-bond acceptors (Lipinski definition) is 4. The first-order chi connectivity index (χ1) is 11.4. The first-order valence-corrected chi connectivity index (χ1v) is 7.44. The van der Waals surface area contributed by atoms with Gasteiger partial charge in [0.15, 0.2) is 6.10 Å². The van der Waals surface area contributed by atoms with Crippen molar-refractivity contribution in [2.45, 2.75) is 12.3 Å². The molecule has 1 fully saturated rings. The van der Waals surface area contributed by atoms with Gasteiger partial charge in [-0.1, -0.05) is 6.07 Å². The van der Waals surface area contributed by atoms with E-state index in [4.69, 9.17) is 4.74 Å². The molecule has 8 heteroatoms. The summed E-state index contributed by atoms with van der Waals surface area (Å²) in [5, 5.41) is 3.15. The molecule has 2 heterocycles. The van der Waals surface area contributed by atoms with E-state index in [0.717, 1.165) is 17.8 Å². The number of halogens is 3. The van der Waals surface area contributed by atoms with Gasteiger partial charge in [0.05, 0.1) is 24.2 Å². The second-order valence-corrected chi connectivity index (χ2v) is 5.48. The quantitative estimate of drug-likeness (QED) is 0.911. The van der Waals surface area contributed by atoms with E-state index in [9.17, 15) is 18.0 Å². The molecule has 1 N–H and O–H groups in total. The molecule has 1 unspecified atom stereocenters. The number of nitrogens with one attached hydrogen (secondary N) is 1. The SMILES string of the molecule is CNC(=O)C1CN(c2ccnc3cc(C(F)(F)F)ccc23)CCO1. The van der Waals surface area contributed by atoms with Crippen molar-refractivity contribution in [1.82, 2.24) is 10.3 Å². The Balaban J connectivity index is 1.96. The van der Waals surface area contributed by atoms with Crippen LogP contribution >= 0.6 is 0 Å². The van der Waals surface area contributed by atoms with E-state index in [1.54, 1.807) is 6.07 Å². The lowest BCUT2D eigenvalue weighted by atomic mass is 10.1. The van der Waals surface area contributed by atoms with Gasteiger partial charge >= 0.3 is 6.18 Å². The van der Waals surface area contributed by atoms with Gasteiger partial charge in [0, 0.05) is 30.9 Å². The van der Waals surface area contributed by atoms with Crippen molar-refractivity contribution in [3.8, 4) is 0 Å². The van der Waals surface area contributed by atoms with Crippen LogP contribution in [0.1, 0.15) is 5.56 Å². The number of morpholine rings is 1. The Bertz CT molecular complexity index is 764. The van der Waals surface area contributed by atoms with Crippen LogP contribution in [0, 0.1) is 0 Å². The number of likely N-dealkylation sites (N-methyl/N-ethyl adjacent to an activating group) is 1. The molecule has 5 nitrogen and oxygen atoms in total. The molecule has 3 rings (SSSR count). The number of rotatable bonds is 2. The number of carbonyl (C=O) groups excluding carboxylic acids is 1. The fourth-order valence-electron chi connectivity index (χ4n) is 2.77. The van der Waals surface area contributed by atoms with E-state index >= 15 is 0 Å². The first-order valence-electron chi connectivity index (χ1n) is 7.44. The van der Waals surface area contributed by atoms with Crippen LogP contribution in [0.5, 0.6) is 0 Å². The standard InChI is InChI=1S/C16H16F3N3O2/c1-20-15(23)14-9-22(6-7-24-14)13-4-5-21-12-8-10(16(17,18)19)2-3-11(12)13/h2-5,8,14H,6-7,9H2,1H3,(H,20,23). The third-order valence-corrected chi connectivity index (χ3v) is 3.99. The Labute approximate surface area is 136 Å². The van der Waals surface area contributed by atoms with E-state index in [2.05, 4.69) is 10.3 Å². The molecular weight excluding hydrogens is 323 g/mol. The number of aromatic nitrogens is 1. The number of fused-ring (bicyclic) bond motifs is 1. The molecular formula is C16H16F3N3O2. The zero-order valence-electron chi connectivity index (χ0n) is 12.9. The minimum atomic E-state index is -4.41. The average Bonchev–Trinajstić information content (AvgIpc) is 2.59. The summed E-state index contributed by atoms with van der Waals surface area (Å²) in [6, 6.07) is 5.24. The van der Waals surface area contributed by atoms with Gasteiger partial charge in [-0.05, 0) is 18.2 Å². The average molecular weight is 339 g/mol. The maximum absolute atomic E-state index is 12.9. The second-order valence-electron chi connectivity index (χ2n) is 5.48. The molecule has 2 aromatic rings. The number of pyridine rings is 1. The predicted molar refractivity (Wildman–Crippen MR) is 82.8 cm³/mol. The Morgan fingerprint density at radius 3 is 2.88 bits per heavy atom. The van der Waals surface area contributed by atoms with E-state index in [1.807, 2.05) is 4.90 Å². The molecule has 1 aliphatic rings. The minimum Gasteiger partial charge on any atom is -0.365 e. The third-order valence-electron chi connectivity index (χ3n) is 3.99. The van der Waals surface area contributed by atoms with E-state index in [-0.39, 0.29) is 11.4 Å². The normalized spacial score (nSPS) is 18.7. The largest absolute Gasteiger partial charge is 0.416 e. The molecule has 128 valence electrons. The number of hydrogen-bond donors (Lipinski definition) is 1. The lowest BCUT2D eigenvalue weighted by Gasteiger charge is -2.34. The van der Waals surface area contributed by atoms with Gasteiger partial charge in [-0.15, -0.1) is 0 Å². The van der Waals surface area contributed by atoms with E-state index in [0.29, 0.717) is 25.1 Å². The summed E-state index contributed by atoms with van der Waals surface area (Å²) in [6.45, 7) is 1.25. The van der Waals surface area contributed by atoms with Crippen LogP contribution < -0.4 is 10.2 Å². The zero-order valence-corrected chi connectivity index (χ0v) is 12.9. The summed E-state index contributed by atoms with van der Waals surface area (Å²) in [7, 11) is 1.53. The Morgan fingerprint density at radius 2 is 2.17 bits per heavy atom. The number of carbonyl (C=O) groups is 1. The zero-order chi connectivity index (χ0) is 17.3. The Hall–Kier alpha value is -2.35. The highest BCUT2D eigenvalue weighted by Crippen LogP contribution is 2.33. The maximum Gasteiger partial charge on any atom is 0.416 e. The van der Waals surface area contributed by atoms with Crippen LogP contribution in [0.2, 0.25) is 0 Å².